The van der Waals surface area contributed by atoms with Crippen molar-refractivity contribution >= 4 is 45.6 Å². The molecule has 14 nitrogen and oxygen atoms in total. The molecule has 6 aromatic rings. The van der Waals surface area contributed by atoms with E-state index in [4.69, 9.17) is 18.9 Å². The van der Waals surface area contributed by atoms with Crippen LogP contribution >= 0.6 is 0 Å². The van der Waals surface area contributed by atoms with Gasteiger partial charge in [0.1, 0.15) is 11.5 Å². The second kappa shape index (κ2) is 20.9. The number of rotatable bonds is 20. The lowest BCUT2D eigenvalue weighted by Gasteiger charge is -2.20. The van der Waals surface area contributed by atoms with Crippen molar-refractivity contribution in [3.05, 3.63) is 131 Å². The topological polar surface area (TPSA) is 185 Å². The molecule has 2 atom stereocenters. The van der Waals surface area contributed by atoms with Gasteiger partial charge in [-0.3, -0.25) is 9.59 Å². The summed E-state index contributed by atoms with van der Waals surface area (Å²) >= 11 is 0. The van der Waals surface area contributed by atoms with Gasteiger partial charge in [0.15, 0.2) is 0 Å². The molecule has 2 heterocycles. The molecule has 0 aliphatic rings. The Bertz CT molecular complexity index is 2220. The zero-order valence-corrected chi connectivity index (χ0v) is 34.3. The fraction of sp³-hybridized carbons (Fsp3) is 0.304. The largest absolute Gasteiger partial charge is 0.497 e. The molecule has 0 saturated carbocycles. The monoisotopic (exact) mass is 816 g/mol. The van der Waals surface area contributed by atoms with Crippen molar-refractivity contribution in [1.82, 2.24) is 31.2 Å². The van der Waals surface area contributed by atoms with E-state index in [1.165, 1.54) is 25.3 Å². The molecule has 0 fully saturated rings. The Balaban J connectivity index is 1.12. The maximum Gasteiger partial charge on any atom is 0.418 e. The minimum atomic E-state index is -1.51. The third-order valence-corrected chi connectivity index (χ3v) is 10.3. The number of nitrogens with one attached hydrogen (secondary N) is 6. The second-order valence-corrected chi connectivity index (χ2v) is 14.3. The van der Waals surface area contributed by atoms with Crippen molar-refractivity contribution in [2.24, 2.45) is 0 Å². The molecule has 0 aliphatic carbocycles. The molecule has 2 aromatic heterocycles. The number of carbonyl (C=O) groups is 4. The van der Waals surface area contributed by atoms with Crippen LogP contribution in [-0.2, 0) is 54.3 Å². The average Bonchev–Trinajstić information content (AvgIpc) is 3.88. The molecule has 4 aromatic carbocycles. The quantitative estimate of drug-likeness (QED) is 0.0463. The summed E-state index contributed by atoms with van der Waals surface area (Å²) in [6, 6.07) is 24.9. The zero-order valence-electron chi connectivity index (χ0n) is 34.3. The number of methoxy groups -OCH3 is 2. The average molecular weight is 817 g/mol. The van der Waals surface area contributed by atoms with Crippen molar-refractivity contribution in [2.75, 3.05) is 54.5 Å². The first kappa shape index (κ1) is 43.0. The van der Waals surface area contributed by atoms with Crippen molar-refractivity contribution in [1.29, 1.82) is 0 Å². The summed E-state index contributed by atoms with van der Waals surface area (Å²) < 4.78 is 21.6. The lowest BCUT2D eigenvalue weighted by molar-refractivity contribution is -0.177. The molecule has 0 spiro atoms. The number of aromatic amines is 2. The smallest absolute Gasteiger partial charge is 0.418 e. The molecule has 314 valence electrons. The molecule has 0 aliphatic heterocycles. The van der Waals surface area contributed by atoms with Gasteiger partial charge in [-0.15, -0.1) is 0 Å². The first-order valence-corrected chi connectivity index (χ1v) is 19.9. The number of fused-ring (bicyclic) bond motifs is 2. The lowest BCUT2D eigenvalue weighted by Crippen LogP contribution is -2.37. The summed E-state index contributed by atoms with van der Waals surface area (Å²) in [6.45, 7) is 2.14. The molecule has 0 bridgehead atoms. The number of amides is 2. The first-order chi connectivity index (χ1) is 29.2. The number of aromatic nitrogens is 2. The number of benzene rings is 4. The first-order valence-electron chi connectivity index (χ1n) is 19.9. The van der Waals surface area contributed by atoms with Gasteiger partial charge >= 0.3 is 11.9 Å². The summed E-state index contributed by atoms with van der Waals surface area (Å²) in [5, 5.41) is 14.3. The molecular formula is C46H52N6O8. The normalized spacial score (nSPS) is 12.1. The van der Waals surface area contributed by atoms with Gasteiger partial charge in [-0.25, -0.2) is 9.59 Å². The number of carbonyl (C=O) groups excluding carboxylic acids is 4. The van der Waals surface area contributed by atoms with Crippen LogP contribution in [0, 0.1) is 0 Å². The highest BCUT2D eigenvalue weighted by molar-refractivity contribution is 6.30. The van der Waals surface area contributed by atoms with E-state index in [1.54, 1.807) is 48.5 Å². The number of hydrogen-bond donors (Lipinski definition) is 6. The van der Waals surface area contributed by atoms with Crippen molar-refractivity contribution in [3.63, 3.8) is 0 Å². The highest BCUT2D eigenvalue weighted by Gasteiger charge is 2.33. The third kappa shape index (κ3) is 10.9. The van der Waals surface area contributed by atoms with Crippen molar-refractivity contribution < 1.29 is 38.1 Å². The summed E-state index contributed by atoms with van der Waals surface area (Å²) in [7, 11) is 6.83. The van der Waals surface area contributed by atoms with Gasteiger partial charge in [0.25, 0.3) is 11.8 Å². The van der Waals surface area contributed by atoms with Gasteiger partial charge in [0.05, 0.1) is 14.2 Å². The molecular weight excluding hydrogens is 765 g/mol. The molecule has 6 N–H and O–H groups in total. The van der Waals surface area contributed by atoms with Gasteiger partial charge in [-0.05, 0) is 124 Å². The van der Waals surface area contributed by atoms with E-state index < -0.39 is 36.0 Å². The van der Waals surface area contributed by atoms with E-state index in [1.807, 2.05) is 50.8 Å². The van der Waals surface area contributed by atoms with E-state index in [9.17, 15) is 19.2 Å². The Kier molecular flexibility index (Phi) is 14.9. The highest BCUT2D eigenvalue weighted by atomic mass is 16.6. The summed E-state index contributed by atoms with van der Waals surface area (Å²) in [5.41, 5.74) is 7.05. The van der Waals surface area contributed by atoms with Crippen LogP contribution in [-0.4, -0.2) is 88.2 Å². The van der Waals surface area contributed by atoms with Gasteiger partial charge in [-0.2, -0.15) is 0 Å². The zero-order chi connectivity index (χ0) is 42.4. The standard InChI is InChI=1S/C46H52N6O8/c1-47-21-19-33-27-51-39-15-5-29(25-37(33)39)17-23-49-43(53)41(31-7-11-35(57-3)12-8-31)59-45(55)46(56)60-42(32-9-13-36(58-4)14-10-32)44(54)50-24-18-30-6-16-40-38(26-30)34(28-52-40)20-22-48-2/h5-16,25-28,41-42,47-48,51-52H,17-24H2,1-4H3,(H,49,53)(H,50,54). The van der Waals surface area contributed by atoms with E-state index in [2.05, 4.69) is 43.4 Å². The van der Waals surface area contributed by atoms with Gasteiger partial charge in [0.2, 0.25) is 12.2 Å². The Hall–Kier alpha value is -6.64. The van der Waals surface area contributed by atoms with Crippen LogP contribution in [0.4, 0.5) is 0 Å². The Morgan fingerprint density at radius 1 is 0.533 bits per heavy atom. The molecule has 6 rings (SSSR count). The summed E-state index contributed by atoms with van der Waals surface area (Å²) in [6.07, 6.45) is 3.72. The number of hydrogen-bond acceptors (Lipinski definition) is 10. The summed E-state index contributed by atoms with van der Waals surface area (Å²) in [4.78, 5) is 60.9. The predicted molar refractivity (Wildman–Crippen MR) is 229 cm³/mol. The molecule has 2 amide bonds. The fourth-order valence-electron chi connectivity index (χ4n) is 6.95. The molecule has 14 heteroatoms. The molecule has 60 heavy (non-hydrogen) atoms. The number of esters is 2. The van der Waals surface area contributed by atoms with Crippen molar-refractivity contribution in [2.45, 2.75) is 37.9 Å². The second-order valence-electron chi connectivity index (χ2n) is 14.3. The Morgan fingerprint density at radius 3 is 1.30 bits per heavy atom. The summed E-state index contributed by atoms with van der Waals surface area (Å²) in [5.74, 6) is -3.14. The van der Waals surface area contributed by atoms with Crippen molar-refractivity contribution in [3.8, 4) is 11.5 Å². The van der Waals surface area contributed by atoms with E-state index in [-0.39, 0.29) is 13.1 Å². The van der Waals surface area contributed by atoms with E-state index >= 15 is 0 Å². The van der Waals surface area contributed by atoms with Crippen LogP contribution in [0.25, 0.3) is 21.8 Å². The fourth-order valence-corrected chi connectivity index (χ4v) is 6.95. The third-order valence-electron chi connectivity index (χ3n) is 10.3. The van der Waals surface area contributed by atoms with E-state index in [0.29, 0.717) is 35.5 Å². The SMILES string of the molecule is CNCCc1c[nH]c2ccc(CCNC(=O)C(OC(=O)C(=O)OC(C(=O)NCCc3ccc4[nH]cc(CCNC)c4c3)c3ccc(OC)cc3)c3ccc(OC)cc3)cc12. The number of ether oxygens (including phenoxy) is 4. The van der Waals surface area contributed by atoms with Crippen LogP contribution < -0.4 is 30.7 Å². The van der Waals surface area contributed by atoms with Crippen LogP contribution in [0.5, 0.6) is 11.5 Å². The minimum absolute atomic E-state index is 0.228. The van der Waals surface area contributed by atoms with Crippen LogP contribution in [0.2, 0.25) is 0 Å². The Labute approximate surface area is 348 Å². The Morgan fingerprint density at radius 2 is 0.933 bits per heavy atom. The maximum atomic E-state index is 13.7. The number of H-pyrrole nitrogens is 2. The van der Waals surface area contributed by atoms with Crippen LogP contribution in [0.15, 0.2) is 97.3 Å². The molecule has 0 radical (unpaired) electrons. The van der Waals surface area contributed by atoms with Gasteiger partial charge in [-0.1, -0.05) is 36.4 Å². The minimum Gasteiger partial charge on any atom is -0.497 e. The maximum absolute atomic E-state index is 13.7. The number of likely N-dealkylation sites (N-methyl/N-ethyl adjacent to an activating group) is 2. The predicted octanol–water partition coefficient (Wildman–Crippen LogP) is 4.78. The van der Waals surface area contributed by atoms with Crippen LogP contribution in [0.3, 0.4) is 0 Å². The van der Waals surface area contributed by atoms with Gasteiger partial charge < -0.3 is 50.2 Å². The molecule has 2 unspecified atom stereocenters. The van der Waals surface area contributed by atoms with E-state index in [0.717, 1.165) is 58.9 Å². The highest BCUT2D eigenvalue weighted by Crippen LogP contribution is 2.26. The van der Waals surface area contributed by atoms with Gasteiger partial charge in [0, 0.05) is 58.4 Å². The molecule has 0 saturated heterocycles. The lowest BCUT2D eigenvalue weighted by atomic mass is 10.0. The van der Waals surface area contributed by atoms with Crippen LogP contribution in [0.1, 0.15) is 45.6 Å².